The molecule has 0 unspecified atom stereocenters. The lowest BCUT2D eigenvalue weighted by Crippen LogP contribution is -2.33. The summed E-state index contributed by atoms with van der Waals surface area (Å²) >= 11 is 0. The molecule has 1 saturated carbocycles. The van der Waals surface area contributed by atoms with Crippen molar-refractivity contribution >= 4 is 24.0 Å². The van der Waals surface area contributed by atoms with Gasteiger partial charge in [0.2, 0.25) is 5.91 Å². The largest absolute Gasteiger partial charge is 0.483 e. The summed E-state index contributed by atoms with van der Waals surface area (Å²) in [6, 6.07) is 1.89. The Hall–Kier alpha value is -2.64. The van der Waals surface area contributed by atoms with E-state index in [-0.39, 0.29) is 24.2 Å². The van der Waals surface area contributed by atoms with Crippen molar-refractivity contribution in [2.24, 2.45) is 11.8 Å². The molecule has 2 atom stereocenters. The zero-order chi connectivity index (χ0) is 17.9. The summed E-state index contributed by atoms with van der Waals surface area (Å²) in [5.41, 5.74) is 2.06. The number of hydrogen-bond donors (Lipinski definition) is 4. The fourth-order valence-electron chi connectivity index (χ4n) is 2.64. The van der Waals surface area contributed by atoms with Crippen LogP contribution in [0.4, 0.5) is 5.69 Å². The molecule has 1 heterocycles. The van der Waals surface area contributed by atoms with Crippen LogP contribution in [-0.4, -0.2) is 46.6 Å². The van der Waals surface area contributed by atoms with Gasteiger partial charge >= 0.3 is 5.97 Å². The quantitative estimate of drug-likeness (QED) is 0.452. The van der Waals surface area contributed by atoms with Crippen molar-refractivity contribution in [2.75, 3.05) is 18.4 Å². The first-order valence-corrected chi connectivity index (χ1v) is 7.72. The number of carbonyl (C=O) groups excluding carboxylic acids is 1. The van der Waals surface area contributed by atoms with Gasteiger partial charge in [-0.25, -0.2) is 0 Å². The molecule has 1 aliphatic carbocycles. The number of carbonyl (C=O) groups is 3. The van der Waals surface area contributed by atoms with E-state index in [4.69, 9.17) is 15.0 Å². The number of aliphatic carboxylic acids is 1. The van der Waals surface area contributed by atoms with E-state index in [0.29, 0.717) is 32.4 Å². The van der Waals surface area contributed by atoms with Gasteiger partial charge in [-0.15, -0.1) is 0 Å². The molecule has 4 N–H and O–H groups in total. The Bertz CT molecular complexity index is 564. The Morgan fingerprint density at radius 1 is 1.33 bits per heavy atom. The van der Waals surface area contributed by atoms with E-state index >= 15 is 0 Å². The zero-order valence-electron chi connectivity index (χ0n) is 13.6. The van der Waals surface area contributed by atoms with Crippen LogP contribution < -0.4 is 10.6 Å². The van der Waals surface area contributed by atoms with E-state index in [2.05, 4.69) is 15.6 Å². The average Bonchev–Trinajstić information content (AvgIpc) is 3.04. The highest BCUT2D eigenvalue weighted by Crippen LogP contribution is 2.30. The fourth-order valence-corrected chi connectivity index (χ4v) is 2.64. The van der Waals surface area contributed by atoms with Crippen LogP contribution in [0.25, 0.3) is 0 Å². The number of nitrogens with zero attached hydrogens (tertiary/aromatic N) is 1. The predicted octanol–water partition coefficient (Wildman–Crippen LogP) is 1.12. The van der Waals surface area contributed by atoms with E-state index in [0.717, 1.165) is 11.3 Å². The molecular weight excluding hydrogens is 314 g/mol. The van der Waals surface area contributed by atoms with E-state index < -0.39 is 5.97 Å². The number of anilines is 1. The van der Waals surface area contributed by atoms with Gasteiger partial charge in [0, 0.05) is 37.1 Å². The molecule has 0 spiro atoms. The van der Waals surface area contributed by atoms with Crippen LogP contribution in [-0.2, 0) is 14.4 Å². The van der Waals surface area contributed by atoms with E-state index in [1.165, 1.54) is 0 Å². The van der Waals surface area contributed by atoms with Crippen molar-refractivity contribution in [1.29, 1.82) is 0 Å². The van der Waals surface area contributed by atoms with Gasteiger partial charge in [-0.3, -0.25) is 19.4 Å². The second-order valence-corrected chi connectivity index (χ2v) is 5.56. The van der Waals surface area contributed by atoms with Gasteiger partial charge < -0.3 is 20.8 Å². The van der Waals surface area contributed by atoms with E-state index in [1.807, 2.05) is 13.0 Å². The summed E-state index contributed by atoms with van der Waals surface area (Å²) in [6.45, 7) is 2.87. The molecule has 1 fully saturated rings. The Balaban J connectivity index is 0.000000891. The number of rotatable bonds is 6. The minimum atomic E-state index is -0.792. The molecule has 24 heavy (non-hydrogen) atoms. The molecule has 8 nitrogen and oxygen atoms in total. The molecule has 1 aromatic rings. The lowest BCUT2D eigenvalue weighted by molar-refractivity contribution is -0.141. The van der Waals surface area contributed by atoms with Crippen molar-refractivity contribution in [2.45, 2.75) is 26.2 Å². The van der Waals surface area contributed by atoms with Crippen LogP contribution in [0.2, 0.25) is 0 Å². The molecule has 0 saturated heterocycles. The number of carboxylic acids is 1. The molecule has 0 aromatic carbocycles. The molecule has 1 aliphatic rings. The maximum Gasteiger partial charge on any atom is 0.306 e. The highest BCUT2D eigenvalue weighted by atomic mass is 16.4. The number of amides is 1. The molecule has 132 valence electrons. The minimum absolute atomic E-state index is 0.0352. The van der Waals surface area contributed by atoms with Crippen LogP contribution in [0.5, 0.6) is 0 Å². The smallest absolute Gasteiger partial charge is 0.306 e. The second-order valence-electron chi connectivity index (χ2n) is 5.56. The fraction of sp³-hybridized carbons (Fsp3) is 0.500. The topological polar surface area (TPSA) is 129 Å². The standard InChI is InChI=1S/C15H21N3O3.CH2O2/c1-10-9-16-5-4-13(10)17-6-7-18-14(19)11-2-3-12(8-11)15(20)21;2-1-3/h4-5,9,11-12H,2-3,6-8H2,1H3,(H,16,17)(H,18,19)(H,20,21);1H,(H,2,3)/t11-,12+;/m0./s1. The molecular formula is C16H23N3O5. The van der Waals surface area contributed by atoms with Crippen LogP contribution in [0.15, 0.2) is 18.5 Å². The average molecular weight is 337 g/mol. The highest BCUT2D eigenvalue weighted by molar-refractivity contribution is 5.80. The van der Waals surface area contributed by atoms with Gasteiger partial charge in [-0.1, -0.05) is 0 Å². The van der Waals surface area contributed by atoms with Crippen LogP contribution >= 0.6 is 0 Å². The van der Waals surface area contributed by atoms with Crippen LogP contribution in [0.3, 0.4) is 0 Å². The summed E-state index contributed by atoms with van der Waals surface area (Å²) in [4.78, 5) is 35.2. The highest BCUT2D eigenvalue weighted by Gasteiger charge is 2.33. The first-order valence-electron chi connectivity index (χ1n) is 7.72. The molecule has 0 bridgehead atoms. The summed E-state index contributed by atoms with van der Waals surface area (Å²) in [6.07, 6.45) is 5.23. The summed E-state index contributed by atoms with van der Waals surface area (Å²) in [5.74, 6) is -1.35. The van der Waals surface area contributed by atoms with Gasteiger partial charge in [0.15, 0.2) is 0 Å². The first kappa shape index (κ1) is 19.4. The number of hydrogen-bond acceptors (Lipinski definition) is 5. The van der Waals surface area contributed by atoms with Gasteiger partial charge in [0.05, 0.1) is 5.92 Å². The van der Waals surface area contributed by atoms with Crippen molar-refractivity contribution in [3.05, 3.63) is 24.0 Å². The van der Waals surface area contributed by atoms with Gasteiger partial charge in [-0.2, -0.15) is 0 Å². The van der Waals surface area contributed by atoms with Crippen LogP contribution in [0.1, 0.15) is 24.8 Å². The zero-order valence-corrected chi connectivity index (χ0v) is 13.6. The predicted molar refractivity (Wildman–Crippen MR) is 87.6 cm³/mol. The summed E-state index contributed by atoms with van der Waals surface area (Å²) in [7, 11) is 0. The molecule has 2 rings (SSSR count). The van der Waals surface area contributed by atoms with Crippen molar-refractivity contribution < 1.29 is 24.6 Å². The first-order chi connectivity index (χ1) is 11.5. The number of aryl methyl sites for hydroxylation is 1. The van der Waals surface area contributed by atoms with Gasteiger partial charge in [-0.05, 0) is 37.8 Å². The van der Waals surface area contributed by atoms with Crippen molar-refractivity contribution in [1.82, 2.24) is 10.3 Å². The maximum atomic E-state index is 11.9. The molecule has 8 heteroatoms. The van der Waals surface area contributed by atoms with Crippen LogP contribution in [0, 0.1) is 18.8 Å². The van der Waals surface area contributed by atoms with Crippen molar-refractivity contribution in [3.63, 3.8) is 0 Å². The molecule has 0 radical (unpaired) electrons. The Morgan fingerprint density at radius 3 is 2.58 bits per heavy atom. The number of nitrogens with one attached hydrogen (secondary N) is 2. The normalized spacial score (nSPS) is 18.9. The van der Waals surface area contributed by atoms with Gasteiger partial charge in [0.1, 0.15) is 0 Å². The molecule has 0 aliphatic heterocycles. The lowest BCUT2D eigenvalue weighted by atomic mass is 10.0. The Morgan fingerprint density at radius 2 is 2.00 bits per heavy atom. The summed E-state index contributed by atoms with van der Waals surface area (Å²) in [5, 5.41) is 21.9. The molecule has 1 aromatic heterocycles. The third-order valence-electron chi connectivity index (χ3n) is 3.91. The van der Waals surface area contributed by atoms with Crippen molar-refractivity contribution in [3.8, 4) is 0 Å². The third kappa shape index (κ3) is 6.23. The number of pyridine rings is 1. The lowest BCUT2D eigenvalue weighted by Gasteiger charge is -2.12. The Labute approximate surface area is 140 Å². The monoisotopic (exact) mass is 337 g/mol. The van der Waals surface area contributed by atoms with E-state index in [9.17, 15) is 9.59 Å². The number of carboxylic acid groups (broad SMARTS) is 2. The second kappa shape index (κ2) is 10.2. The molecule has 1 amide bonds. The summed E-state index contributed by atoms with van der Waals surface area (Å²) < 4.78 is 0. The SMILES string of the molecule is Cc1cnccc1NCCNC(=O)[C@H]1CC[C@@H](C(=O)O)C1.O=CO. The Kier molecular flexibility index (Phi) is 8.24. The minimum Gasteiger partial charge on any atom is -0.483 e. The third-order valence-corrected chi connectivity index (χ3v) is 3.91. The van der Waals surface area contributed by atoms with Gasteiger partial charge in [0.25, 0.3) is 6.47 Å². The number of aromatic nitrogens is 1. The maximum absolute atomic E-state index is 11.9. The van der Waals surface area contributed by atoms with E-state index in [1.54, 1.807) is 12.4 Å².